The van der Waals surface area contributed by atoms with Crippen molar-refractivity contribution < 1.29 is 4.74 Å². The molecule has 0 aliphatic rings. The first-order chi connectivity index (χ1) is 9.14. The summed E-state index contributed by atoms with van der Waals surface area (Å²) in [5.41, 5.74) is 1.06. The Morgan fingerprint density at radius 2 is 1.84 bits per heavy atom. The molecule has 0 aromatic heterocycles. The Kier molecular flexibility index (Phi) is 8.58. The highest BCUT2D eigenvalue weighted by Crippen LogP contribution is 2.33. The summed E-state index contributed by atoms with van der Waals surface area (Å²) in [6.45, 7) is 5.28. The molecule has 0 bridgehead atoms. The quantitative estimate of drug-likeness (QED) is 0.257. The second kappa shape index (κ2) is 9.35. The first kappa shape index (κ1) is 17.4. The number of hydrogen-bond acceptors (Lipinski definition) is 1. The maximum absolute atomic E-state index is 6.19. The fourth-order valence-corrected chi connectivity index (χ4v) is 3.42. The van der Waals surface area contributed by atoms with E-state index in [1.807, 2.05) is 6.07 Å². The van der Waals surface area contributed by atoms with Crippen LogP contribution in [0.15, 0.2) is 28.7 Å². The molecule has 3 heteroatoms. The number of ether oxygens (including phenoxy) is 1. The lowest BCUT2D eigenvalue weighted by Gasteiger charge is -2.29. The number of alkyl halides is 1. The Balaban J connectivity index is 2.49. The van der Waals surface area contributed by atoms with Gasteiger partial charge >= 0.3 is 0 Å². The fraction of sp³-hybridized carbons (Fsp3) is 0.625. The zero-order chi connectivity index (χ0) is 14.1. The van der Waals surface area contributed by atoms with Crippen LogP contribution in [-0.2, 0) is 10.3 Å². The molecule has 0 aliphatic carbocycles. The zero-order valence-electron chi connectivity index (χ0n) is 11.9. The van der Waals surface area contributed by atoms with Gasteiger partial charge in [-0.3, -0.25) is 0 Å². The molecule has 0 spiro atoms. The standard InChI is InChI=1S/C16H24BrIO/c1-3-4-5-6-9-12-19-16(2,13-18)14-10-7-8-11-15(14)17/h7-8,10-11H,3-6,9,12-13H2,1-2H3. The van der Waals surface area contributed by atoms with Gasteiger partial charge in [-0.05, 0) is 25.0 Å². The molecule has 0 fully saturated rings. The van der Waals surface area contributed by atoms with Crippen molar-refractivity contribution in [3.8, 4) is 0 Å². The second-order valence-corrected chi connectivity index (χ2v) is 6.72. The van der Waals surface area contributed by atoms with Gasteiger partial charge in [0.15, 0.2) is 0 Å². The van der Waals surface area contributed by atoms with Gasteiger partial charge in [0, 0.05) is 15.5 Å². The van der Waals surface area contributed by atoms with Gasteiger partial charge in [-0.2, -0.15) is 0 Å². The molecule has 1 aromatic carbocycles. The molecule has 1 unspecified atom stereocenters. The summed E-state index contributed by atoms with van der Waals surface area (Å²) in [6, 6.07) is 8.37. The molecule has 1 nitrogen and oxygen atoms in total. The molecule has 0 aliphatic heterocycles. The molecule has 0 amide bonds. The van der Waals surface area contributed by atoms with E-state index in [0.29, 0.717) is 0 Å². The summed E-state index contributed by atoms with van der Waals surface area (Å²) in [6.07, 6.45) is 6.41. The molecule has 0 saturated carbocycles. The van der Waals surface area contributed by atoms with Crippen LogP contribution in [0.5, 0.6) is 0 Å². The van der Waals surface area contributed by atoms with E-state index < -0.39 is 0 Å². The lowest BCUT2D eigenvalue weighted by molar-refractivity contribution is -0.0177. The van der Waals surface area contributed by atoms with E-state index in [0.717, 1.165) is 21.9 Å². The van der Waals surface area contributed by atoms with Gasteiger partial charge in [-0.15, -0.1) is 0 Å². The van der Waals surface area contributed by atoms with Gasteiger partial charge in [0.25, 0.3) is 0 Å². The van der Waals surface area contributed by atoms with Gasteiger partial charge in [0.05, 0.1) is 0 Å². The van der Waals surface area contributed by atoms with E-state index in [1.54, 1.807) is 0 Å². The number of unbranched alkanes of at least 4 members (excludes halogenated alkanes) is 4. The third kappa shape index (κ3) is 5.72. The van der Waals surface area contributed by atoms with Crippen molar-refractivity contribution in [3.63, 3.8) is 0 Å². The third-order valence-corrected chi connectivity index (χ3v) is 5.51. The van der Waals surface area contributed by atoms with Crippen LogP contribution in [0.2, 0.25) is 0 Å². The highest BCUT2D eigenvalue weighted by Gasteiger charge is 2.27. The van der Waals surface area contributed by atoms with Gasteiger partial charge in [-0.25, -0.2) is 0 Å². The zero-order valence-corrected chi connectivity index (χ0v) is 15.7. The van der Waals surface area contributed by atoms with Crippen LogP contribution < -0.4 is 0 Å². The van der Waals surface area contributed by atoms with Crippen LogP contribution in [0.1, 0.15) is 51.5 Å². The maximum Gasteiger partial charge on any atom is 0.100 e. The van der Waals surface area contributed by atoms with E-state index >= 15 is 0 Å². The van der Waals surface area contributed by atoms with Crippen molar-refractivity contribution in [2.24, 2.45) is 0 Å². The summed E-state index contributed by atoms with van der Waals surface area (Å²) >= 11 is 6.05. The summed E-state index contributed by atoms with van der Waals surface area (Å²) < 4.78 is 8.29. The Hall–Kier alpha value is 0.390. The third-order valence-electron chi connectivity index (χ3n) is 3.37. The second-order valence-electron chi connectivity index (χ2n) is 5.11. The van der Waals surface area contributed by atoms with E-state index in [4.69, 9.17) is 4.74 Å². The predicted octanol–water partition coefficient (Wildman–Crippen LogP) is 6.09. The average molecular weight is 439 g/mol. The van der Waals surface area contributed by atoms with Crippen molar-refractivity contribution in [2.75, 3.05) is 11.0 Å². The monoisotopic (exact) mass is 438 g/mol. The molecular formula is C16H24BrIO. The fourth-order valence-electron chi connectivity index (χ4n) is 2.08. The molecule has 0 saturated heterocycles. The minimum atomic E-state index is -0.189. The van der Waals surface area contributed by atoms with Crippen LogP contribution in [0, 0.1) is 0 Å². The highest BCUT2D eigenvalue weighted by molar-refractivity contribution is 14.1. The smallest absolute Gasteiger partial charge is 0.100 e. The highest BCUT2D eigenvalue weighted by atomic mass is 127. The number of halogens is 2. The van der Waals surface area contributed by atoms with Crippen LogP contribution in [-0.4, -0.2) is 11.0 Å². The molecule has 1 atom stereocenters. The van der Waals surface area contributed by atoms with Crippen molar-refractivity contribution >= 4 is 38.5 Å². The van der Waals surface area contributed by atoms with E-state index in [-0.39, 0.29) is 5.60 Å². The first-order valence-corrected chi connectivity index (χ1v) is 9.41. The summed E-state index contributed by atoms with van der Waals surface area (Å²) in [7, 11) is 0. The van der Waals surface area contributed by atoms with E-state index in [9.17, 15) is 0 Å². The lowest BCUT2D eigenvalue weighted by Crippen LogP contribution is -2.28. The van der Waals surface area contributed by atoms with Crippen molar-refractivity contribution in [1.29, 1.82) is 0 Å². The molecule has 0 N–H and O–H groups in total. The summed E-state index contributed by atoms with van der Waals surface area (Å²) in [5, 5.41) is 0. The van der Waals surface area contributed by atoms with Crippen molar-refractivity contribution in [3.05, 3.63) is 34.3 Å². The van der Waals surface area contributed by atoms with Crippen LogP contribution in [0.25, 0.3) is 0 Å². The van der Waals surface area contributed by atoms with Crippen LogP contribution >= 0.6 is 38.5 Å². The normalized spacial score (nSPS) is 14.3. The minimum absolute atomic E-state index is 0.189. The first-order valence-electron chi connectivity index (χ1n) is 7.09. The SMILES string of the molecule is CCCCCCCOC(C)(CI)c1ccccc1Br. The van der Waals surface area contributed by atoms with E-state index in [2.05, 4.69) is 70.6 Å². The lowest BCUT2D eigenvalue weighted by atomic mass is 9.98. The summed E-state index contributed by atoms with van der Waals surface area (Å²) in [5.74, 6) is 0. The van der Waals surface area contributed by atoms with Crippen LogP contribution in [0.4, 0.5) is 0 Å². The number of benzene rings is 1. The predicted molar refractivity (Wildman–Crippen MR) is 95.1 cm³/mol. The number of rotatable bonds is 9. The molecule has 1 rings (SSSR count). The largest absolute Gasteiger partial charge is 0.370 e. The van der Waals surface area contributed by atoms with E-state index in [1.165, 1.54) is 31.2 Å². The summed E-state index contributed by atoms with van der Waals surface area (Å²) in [4.78, 5) is 0. The maximum atomic E-state index is 6.19. The van der Waals surface area contributed by atoms with Gasteiger partial charge < -0.3 is 4.74 Å². The Bertz CT molecular complexity index is 370. The minimum Gasteiger partial charge on any atom is -0.370 e. The molecule has 19 heavy (non-hydrogen) atoms. The molecule has 0 heterocycles. The van der Waals surface area contributed by atoms with Crippen molar-refractivity contribution in [2.45, 2.75) is 51.6 Å². The van der Waals surface area contributed by atoms with Gasteiger partial charge in [-0.1, -0.05) is 89.3 Å². The average Bonchev–Trinajstić information content (AvgIpc) is 2.43. The molecule has 108 valence electrons. The number of hydrogen-bond donors (Lipinski definition) is 0. The Labute approximate surface area is 139 Å². The Morgan fingerprint density at radius 1 is 1.16 bits per heavy atom. The molecule has 0 radical (unpaired) electrons. The Morgan fingerprint density at radius 3 is 2.47 bits per heavy atom. The van der Waals surface area contributed by atoms with Crippen LogP contribution in [0.3, 0.4) is 0 Å². The molecular weight excluding hydrogens is 415 g/mol. The van der Waals surface area contributed by atoms with Crippen molar-refractivity contribution in [1.82, 2.24) is 0 Å². The van der Waals surface area contributed by atoms with Gasteiger partial charge in [0.1, 0.15) is 5.60 Å². The van der Waals surface area contributed by atoms with Gasteiger partial charge in [0.2, 0.25) is 0 Å². The topological polar surface area (TPSA) is 9.23 Å². The molecule has 1 aromatic rings.